The third-order valence-corrected chi connectivity index (χ3v) is 4.65. The third kappa shape index (κ3) is 3.99. The van der Waals surface area contributed by atoms with Crippen molar-refractivity contribution in [3.05, 3.63) is 77.0 Å². The van der Waals surface area contributed by atoms with E-state index in [0.29, 0.717) is 16.9 Å². The Labute approximate surface area is 168 Å². The molecule has 150 valence electrons. The smallest absolute Gasteiger partial charge is 0.355 e. The van der Waals surface area contributed by atoms with Gasteiger partial charge in [-0.1, -0.05) is 42.5 Å². The third-order valence-electron chi connectivity index (χ3n) is 4.65. The maximum atomic E-state index is 13.4. The molecule has 1 aliphatic heterocycles. The summed E-state index contributed by atoms with van der Waals surface area (Å²) >= 11 is 0. The Kier molecular flexibility index (Phi) is 5.97. The van der Waals surface area contributed by atoms with E-state index in [0.717, 1.165) is 4.90 Å². The zero-order valence-corrected chi connectivity index (χ0v) is 16.5. The summed E-state index contributed by atoms with van der Waals surface area (Å²) in [5.41, 5.74) is 1.15. The molecule has 7 heteroatoms. The molecule has 0 aromatic heterocycles. The van der Waals surface area contributed by atoms with Crippen LogP contribution in [0.4, 0.5) is 4.79 Å². The summed E-state index contributed by atoms with van der Waals surface area (Å²) in [6, 6.07) is 14.3. The maximum Gasteiger partial charge on any atom is 0.355 e. The zero-order chi connectivity index (χ0) is 21.0. The van der Waals surface area contributed by atoms with Gasteiger partial charge in [-0.15, -0.1) is 0 Å². The molecule has 7 nitrogen and oxygen atoms in total. The Morgan fingerprint density at radius 3 is 2.31 bits per heavy atom. The molecular weight excluding hydrogens is 372 g/mol. The van der Waals surface area contributed by atoms with Crippen LogP contribution in [0.15, 0.2) is 65.9 Å². The number of benzene rings is 2. The fourth-order valence-corrected chi connectivity index (χ4v) is 3.19. The average Bonchev–Trinajstić information content (AvgIpc) is 2.75. The molecule has 1 aliphatic rings. The van der Waals surface area contributed by atoms with Crippen molar-refractivity contribution in [2.24, 2.45) is 0 Å². The Morgan fingerprint density at radius 2 is 1.72 bits per heavy atom. The van der Waals surface area contributed by atoms with E-state index in [1.165, 1.54) is 7.05 Å². The molecule has 0 spiro atoms. The quantitative estimate of drug-likeness (QED) is 0.601. The van der Waals surface area contributed by atoms with Gasteiger partial charge in [-0.25, -0.2) is 9.59 Å². The molecule has 1 heterocycles. The van der Waals surface area contributed by atoms with Crippen LogP contribution in [0.2, 0.25) is 0 Å². The number of rotatable bonds is 6. The highest BCUT2D eigenvalue weighted by Crippen LogP contribution is 2.33. The van der Waals surface area contributed by atoms with E-state index in [1.807, 2.05) is 0 Å². The van der Waals surface area contributed by atoms with Crippen molar-refractivity contribution in [3.8, 4) is 5.75 Å². The predicted octanol–water partition coefficient (Wildman–Crippen LogP) is 3.09. The van der Waals surface area contributed by atoms with Crippen LogP contribution in [0.3, 0.4) is 0 Å². The Hall–Kier alpha value is -3.61. The van der Waals surface area contributed by atoms with Gasteiger partial charge in [0, 0.05) is 12.6 Å². The van der Waals surface area contributed by atoms with E-state index in [1.54, 1.807) is 68.6 Å². The largest absolute Gasteiger partial charge is 0.497 e. The summed E-state index contributed by atoms with van der Waals surface area (Å²) in [4.78, 5) is 39.8. The molecule has 1 unspecified atom stereocenters. The van der Waals surface area contributed by atoms with E-state index in [-0.39, 0.29) is 23.7 Å². The standard InChI is InChI=1S/C22H22N2O5/c1-4-29-21(26)19-17(20(25)15-8-6-5-7-9-15)18(23-22(27)24(19)2)14-10-12-16(28-3)13-11-14/h5-13,18H,4H2,1-3H3,(H,23,27). The van der Waals surface area contributed by atoms with Crippen molar-refractivity contribution in [2.45, 2.75) is 13.0 Å². The van der Waals surface area contributed by atoms with Gasteiger partial charge in [-0.05, 0) is 24.6 Å². The highest BCUT2D eigenvalue weighted by Gasteiger charge is 2.39. The summed E-state index contributed by atoms with van der Waals surface area (Å²) in [7, 11) is 2.99. The first-order valence-electron chi connectivity index (χ1n) is 9.17. The van der Waals surface area contributed by atoms with Crippen molar-refractivity contribution in [2.75, 3.05) is 20.8 Å². The molecule has 2 amide bonds. The van der Waals surface area contributed by atoms with Gasteiger partial charge in [0.25, 0.3) is 0 Å². The summed E-state index contributed by atoms with van der Waals surface area (Å²) in [6.45, 7) is 1.79. The average molecular weight is 394 g/mol. The van der Waals surface area contributed by atoms with Crippen LogP contribution < -0.4 is 10.1 Å². The summed E-state index contributed by atoms with van der Waals surface area (Å²) in [5, 5.41) is 2.81. The number of amides is 2. The SMILES string of the molecule is CCOC(=O)C1=C(C(=O)c2ccccc2)C(c2ccc(OC)cc2)NC(=O)N1C. The molecule has 29 heavy (non-hydrogen) atoms. The molecule has 1 atom stereocenters. The number of methoxy groups -OCH3 is 1. The predicted molar refractivity (Wildman–Crippen MR) is 106 cm³/mol. The summed E-state index contributed by atoms with van der Waals surface area (Å²) < 4.78 is 10.3. The fraction of sp³-hybridized carbons (Fsp3) is 0.227. The van der Waals surface area contributed by atoms with E-state index >= 15 is 0 Å². The monoisotopic (exact) mass is 394 g/mol. The van der Waals surface area contributed by atoms with Gasteiger partial charge in [0.15, 0.2) is 5.78 Å². The van der Waals surface area contributed by atoms with E-state index in [4.69, 9.17) is 9.47 Å². The van der Waals surface area contributed by atoms with Crippen LogP contribution >= 0.6 is 0 Å². The summed E-state index contributed by atoms with van der Waals surface area (Å²) in [5.74, 6) is -0.442. The molecule has 0 saturated carbocycles. The lowest BCUT2D eigenvalue weighted by atomic mass is 9.89. The lowest BCUT2D eigenvalue weighted by Gasteiger charge is -2.34. The lowest BCUT2D eigenvalue weighted by molar-refractivity contribution is -0.140. The molecule has 0 fully saturated rings. The van der Waals surface area contributed by atoms with Gasteiger partial charge in [0.1, 0.15) is 11.4 Å². The number of Topliss-reactive ketones (excluding diaryl/α,β-unsaturated/α-hetero) is 1. The van der Waals surface area contributed by atoms with Crippen LogP contribution in [-0.4, -0.2) is 43.4 Å². The van der Waals surface area contributed by atoms with Crippen molar-refractivity contribution >= 4 is 17.8 Å². The molecule has 0 radical (unpaired) electrons. The molecule has 0 aliphatic carbocycles. The van der Waals surface area contributed by atoms with E-state index < -0.39 is 18.0 Å². The van der Waals surface area contributed by atoms with Crippen molar-refractivity contribution in [1.82, 2.24) is 10.2 Å². The highest BCUT2D eigenvalue weighted by molar-refractivity contribution is 6.15. The second-order valence-electron chi connectivity index (χ2n) is 6.39. The number of nitrogens with one attached hydrogen (secondary N) is 1. The number of carbonyl (C=O) groups is 3. The number of nitrogens with zero attached hydrogens (tertiary/aromatic N) is 1. The number of ether oxygens (including phenoxy) is 2. The van der Waals surface area contributed by atoms with Gasteiger partial charge in [0.05, 0.1) is 25.3 Å². The number of esters is 1. The molecule has 0 saturated heterocycles. The minimum absolute atomic E-state index is 0.0646. The van der Waals surface area contributed by atoms with Crippen molar-refractivity contribution < 1.29 is 23.9 Å². The molecule has 0 bridgehead atoms. The molecule has 2 aromatic rings. The van der Waals surface area contributed by atoms with Gasteiger partial charge >= 0.3 is 12.0 Å². The minimum Gasteiger partial charge on any atom is -0.497 e. The number of urea groups is 1. The second-order valence-corrected chi connectivity index (χ2v) is 6.39. The lowest BCUT2D eigenvalue weighted by Crippen LogP contribution is -2.48. The van der Waals surface area contributed by atoms with Crippen LogP contribution in [0.5, 0.6) is 5.75 Å². The number of ketones is 1. The Morgan fingerprint density at radius 1 is 1.07 bits per heavy atom. The summed E-state index contributed by atoms with van der Waals surface area (Å²) in [6.07, 6.45) is 0. The Balaban J connectivity index is 2.19. The van der Waals surface area contributed by atoms with Gasteiger partial charge in [-0.2, -0.15) is 0 Å². The number of hydrogen-bond acceptors (Lipinski definition) is 5. The fourth-order valence-electron chi connectivity index (χ4n) is 3.19. The maximum absolute atomic E-state index is 13.4. The number of hydrogen-bond donors (Lipinski definition) is 1. The van der Waals surface area contributed by atoms with Crippen LogP contribution in [-0.2, 0) is 9.53 Å². The first-order valence-corrected chi connectivity index (χ1v) is 9.17. The van der Waals surface area contributed by atoms with Gasteiger partial charge < -0.3 is 14.8 Å². The van der Waals surface area contributed by atoms with Crippen molar-refractivity contribution in [3.63, 3.8) is 0 Å². The normalized spacial score (nSPS) is 16.3. The number of likely N-dealkylation sites (N-methyl/N-ethyl adjacent to an activating group) is 1. The minimum atomic E-state index is -0.809. The molecule has 3 rings (SSSR count). The zero-order valence-electron chi connectivity index (χ0n) is 16.5. The topological polar surface area (TPSA) is 84.9 Å². The van der Waals surface area contributed by atoms with Crippen LogP contribution in [0.25, 0.3) is 0 Å². The van der Waals surface area contributed by atoms with E-state index in [9.17, 15) is 14.4 Å². The van der Waals surface area contributed by atoms with Gasteiger partial charge in [0.2, 0.25) is 0 Å². The van der Waals surface area contributed by atoms with Crippen molar-refractivity contribution in [1.29, 1.82) is 0 Å². The van der Waals surface area contributed by atoms with E-state index in [2.05, 4.69) is 5.32 Å². The molecule has 1 N–H and O–H groups in total. The van der Waals surface area contributed by atoms with Crippen LogP contribution in [0, 0.1) is 0 Å². The highest BCUT2D eigenvalue weighted by atomic mass is 16.5. The second kappa shape index (κ2) is 8.60. The van der Waals surface area contributed by atoms with Gasteiger partial charge in [-0.3, -0.25) is 9.69 Å². The van der Waals surface area contributed by atoms with Crippen LogP contribution in [0.1, 0.15) is 28.9 Å². The first-order chi connectivity index (χ1) is 14.0. The Bertz CT molecular complexity index is 951. The molecule has 2 aromatic carbocycles. The molecular formula is C22H22N2O5. The first kappa shape index (κ1) is 20.1. The number of carbonyl (C=O) groups excluding carboxylic acids is 3.